The zero-order valence-corrected chi connectivity index (χ0v) is 26.4. The first-order chi connectivity index (χ1) is 20.9. The van der Waals surface area contributed by atoms with Crippen molar-refractivity contribution in [1.29, 1.82) is 0 Å². The van der Waals surface area contributed by atoms with Gasteiger partial charge < -0.3 is 30.1 Å². The van der Waals surface area contributed by atoms with Gasteiger partial charge in [-0.1, -0.05) is 24.6 Å². The Hall–Kier alpha value is -4.13. The van der Waals surface area contributed by atoms with E-state index < -0.39 is 28.2 Å². The largest absolute Gasteiger partial charge is 0.497 e. The number of likely N-dealkylation sites (N-methyl/N-ethyl adjacent to an activating group) is 1. The summed E-state index contributed by atoms with van der Waals surface area (Å²) in [5, 5.41) is 15.4. The fourth-order valence-corrected chi connectivity index (χ4v) is 6.12. The van der Waals surface area contributed by atoms with E-state index in [0.717, 1.165) is 5.56 Å². The van der Waals surface area contributed by atoms with Gasteiger partial charge in [-0.05, 0) is 68.4 Å². The number of anilines is 2. The molecule has 44 heavy (non-hydrogen) atoms. The van der Waals surface area contributed by atoms with E-state index in [2.05, 4.69) is 10.6 Å². The number of rotatable bonds is 9. The molecule has 0 bridgehead atoms. The van der Waals surface area contributed by atoms with Gasteiger partial charge >= 0.3 is 6.03 Å². The molecule has 0 spiro atoms. The van der Waals surface area contributed by atoms with Crippen molar-refractivity contribution in [2.75, 3.05) is 44.5 Å². The Morgan fingerprint density at radius 2 is 1.73 bits per heavy atom. The molecule has 11 nitrogen and oxygen atoms in total. The number of carbonyl (C=O) groups excluding carboxylic acids is 2. The average molecular weight is 625 g/mol. The lowest BCUT2D eigenvalue weighted by molar-refractivity contribution is -0.134. The van der Waals surface area contributed by atoms with Gasteiger partial charge in [0.05, 0.1) is 37.6 Å². The third kappa shape index (κ3) is 7.87. The molecule has 1 aliphatic heterocycles. The second-order valence-electron chi connectivity index (χ2n) is 11.1. The number of fused-ring (bicyclic) bond motifs is 1. The maximum absolute atomic E-state index is 13.5. The minimum absolute atomic E-state index is 0.0244. The van der Waals surface area contributed by atoms with Crippen LogP contribution in [0.2, 0.25) is 0 Å². The highest BCUT2D eigenvalue weighted by molar-refractivity contribution is 7.89. The van der Waals surface area contributed by atoms with Crippen LogP contribution in [0, 0.1) is 12.8 Å². The number of aliphatic hydroxyl groups excluding tert-OH is 1. The molecule has 12 heteroatoms. The van der Waals surface area contributed by atoms with E-state index >= 15 is 0 Å². The summed E-state index contributed by atoms with van der Waals surface area (Å²) < 4.78 is 39.6. The van der Waals surface area contributed by atoms with Gasteiger partial charge in [-0.25, -0.2) is 13.2 Å². The monoisotopic (exact) mass is 624 g/mol. The number of aryl methyl sites for hydroxylation is 1. The van der Waals surface area contributed by atoms with Gasteiger partial charge in [0.15, 0.2) is 0 Å². The lowest BCUT2D eigenvalue weighted by Crippen LogP contribution is -2.48. The smallest absolute Gasteiger partial charge is 0.323 e. The maximum Gasteiger partial charge on any atom is 0.323 e. The van der Waals surface area contributed by atoms with E-state index in [4.69, 9.17) is 9.47 Å². The molecule has 3 aromatic rings. The first kappa shape index (κ1) is 32.8. The number of hydrogen-bond donors (Lipinski definition) is 3. The molecule has 3 N–H and O–H groups in total. The minimum Gasteiger partial charge on any atom is -0.497 e. The third-order valence-corrected chi connectivity index (χ3v) is 9.53. The maximum atomic E-state index is 13.5. The fraction of sp³-hybridized carbons (Fsp3) is 0.375. The standard InChI is InChI=1S/C32H40N4O7S/c1-21-6-13-28(14-7-21)44(40,41)35(4)19-30-22(2)18-36(23(3)20-37)31(38)17-24-16-26(10-15-29(24)43-30)34-32(39)33-25-8-11-27(42-5)12-9-25/h6-16,22-23,30,37H,17-20H2,1-5H3,(H2,33,34,39)/t22-,23-,30+/m1/s1. The van der Waals surface area contributed by atoms with E-state index in [9.17, 15) is 23.1 Å². The summed E-state index contributed by atoms with van der Waals surface area (Å²) in [6.45, 7) is 5.59. The fourth-order valence-electron chi connectivity index (χ4n) is 4.93. The van der Waals surface area contributed by atoms with Crippen LogP contribution in [0.25, 0.3) is 0 Å². The van der Waals surface area contributed by atoms with Crippen LogP contribution in [0.3, 0.4) is 0 Å². The number of carbonyl (C=O) groups is 2. The quantitative estimate of drug-likeness (QED) is 0.326. The van der Waals surface area contributed by atoms with E-state index in [1.54, 1.807) is 85.7 Å². The zero-order valence-electron chi connectivity index (χ0n) is 25.6. The second-order valence-corrected chi connectivity index (χ2v) is 13.2. The van der Waals surface area contributed by atoms with E-state index in [0.29, 0.717) is 28.4 Å². The van der Waals surface area contributed by atoms with Crippen molar-refractivity contribution in [3.63, 3.8) is 0 Å². The molecular formula is C32H40N4O7S. The summed E-state index contributed by atoms with van der Waals surface area (Å²) in [5.74, 6) is 0.567. The van der Waals surface area contributed by atoms with Gasteiger partial charge in [0.2, 0.25) is 15.9 Å². The molecule has 0 aromatic heterocycles. The highest BCUT2D eigenvalue weighted by atomic mass is 32.2. The summed E-state index contributed by atoms with van der Waals surface area (Å²) in [4.78, 5) is 28.0. The van der Waals surface area contributed by atoms with E-state index in [1.165, 1.54) is 11.4 Å². The number of ether oxygens (including phenoxy) is 2. The first-order valence-corrected chi connectivity index (χ1v) is 15.8. The van der Waals surface area contributed by atoms with E-state index in [-0.39, 0.29) is 42.8 Å². The lowest BCUT2D eigenvalue weighted by Gasteiger charge is -2.33. The Kier molecular flexibility index (Phi) is 10.5. The molecule has 0 aliphatic carbocycles. The van der Waals surface area contributed by atoms with Crippen molar-refractivity contribution in [3.05, 3.63) is 77.9 Å². The Bertz CT molecular complexity index is 1560. The van der Waals surface area contributed by atoms with Crippen molar-refractivity contribution >= 4 is 33.3 Å². The Morgan fingerprint density at radius 3 is 2.36 bits per heavy atom. The summed E-state index contributed by atoms with van der Waals surface area (Å²) >= 11 is 0. The second kappa shape index (κ2) is 14.1. The predicted octanol–water partition coefficient (Wildman–Crippen LogP) is 4.12. The van der Waals surface area contributed by atoms with Gasteiger partial charge in [0.25, 0.3) is 0 Å². The van der Waals surface area contributed by atoms with Gasteiger partial charge in [-0.15, -0.1) is 0 Å². The number of hydrogen-bond acceptors (Lipinski definition) is 7. The van der Waals surface area contributed by atoms with Crippen molar-refractivity contribution in [1.82, 2.24) is 9.21 Å². The Labute approximate surface area is 258 Å². The third-order valence-electron chi connectivity index (χ3n) is 7.69. The molecule has 0 saturated carbocycles. The number of nitrogens with zero attached hydrogens (tertiary/aromatic N) is 2. The van der Waals surface area contributed by atoms with Crippen molar-refractivity contribution < 1.29 is 32.6 Å². The van der Waals surface area contributed by atoms with Gasteiger partial charge in [-0.2, -0.15) is 4.31 Å². The molecule has 236 valence electrons. The van der Waals surface area contributed by atoms with Crippen LogP contribution < -0.4 is 20.1 Å². The lowest BCUT2D eigenvalue weighted by atomic mass is 10.0. The van der Waals surface area contributed by atoms with Crippen LogP contribution in [0.5, 0.6) is 11.5 Å². The molecule has 1 aliphatic rings. The van der Waals surface area contributed by atoms with Crippen molar-refractivity contribution in [2.45, 2.75) is 44.2 Å². The average Bonchev–Trinajstić information content (AvgIpc) is 3.04. The molecule has 0 unspecified atom stereocenters. The summed E-state index contributed by atoms with van der Waals surface area (Å²) in [6, 6.07) is 17.6. The SMILES string of the molecule is COc1ccc(NC(=O)Nc2ccc3c(c2)CC(=O)N([C@H](C)CO)C[C@@H](C)[C@H](CN(C)S(=O)(=O)c2ccc(C)cc2)O3)cc1. The molecule has 0 radical (unpaired) electrons. The summed E-state index contributed by atoms with van der Waals surface area (Å²) in [5.41, 5.74) is 2.48. The number of sulfonamides is 1. The molecule has 4 rings (SSSR count). The molecule has 3 aromatic carbocycles. The number of benzene rings is 3. The highest BCUT2D eigenvalue weighted by Crippen LogP contribution is 2.30. The van der Waals surface area contributed by atoms with Crippen LogP contribution in [0.1, 0.15) is 25.0 Å². The molecule has 3 atom stereocenters. The Morgan fingerprint density at radius 1 is 1.09 bits per heavy atom. The summed E-state index contributed by atoms with van der Waals surface area (Å²) in [6.07, 6.45) is -0.665. The van der Waals surface area contributed by atoms with Gasteiger partial charge in [0, 0.05) is 36.4 Å². The number of amides is 3. The number of urea groups is 1. The molecule has 0 saturated heterocycles. The first-order valence-electron chi connectivity index (χ1n) is 14.4. The Balaban J connectivity index is 1.60. The van der Waals surface area contributed by atoms with Gasteiger partial charge in [-0.3, -0.25) is 4.79 Å². The number of nitrogens with one attached hydrogen (secondary N) is 2. The van der Waals surface area contributed by atoms with Gasteiger partial charge in [0.1, 0.15) is 17.6 Å². The van der Waals surface area contributed by atoms with Crippen LogP contribution in [0.4, 0.5) is 16.2 Å². The molecule has 3 amide bonds. The van der Waals surface area contributed by atoms with Crippen LogP contribution in [-0.2, 0) is 21.2 Å². The van der Waals surface area contributed by atoms with Crippen molar-refractivity contribution in [3.8, 4) is 11.5 Å². The zero-order chi connectivity index (χ0) is 32.0. The van der Waals surface area contributed by atoms with Crippen LogP contribution in [0.15, 0.2) is 71.6 Å². The van der Waals surface area contributed by atoms with E-state index in [1.807, 2.05) is 13.8 Å². The topological polar surface area (TPSA) is 138 Å². The normalized spacial score (nSPS) is 17.9. The molecular weight excluding hydrogens is 584 g/mol. The van der Waals surface area contributed by atoms with Crippen molar-refractivity contribution in [2.24, 2.45) is 5.92 Å². The number of aliphatic hydroxyl groups is 1. The molecule has 1 heterocycles. The van der Waals surface area contributed by atoms with Crippen LogP contribution in [-0.4, -0.2) is 80.7 Å². The summed E-state index contributed by atoms with van der Waals surface area (Å²) in [7, 11) is -0.744. The van der Waals surface area contributed by atoms with Crippen LogP contribution >= 0.6 is 0 Å². The predicted molar refractivity (Wildman–Crippen MR) is 169 cm³/mol. The highest BCUT2D eigenvalue weighted by Gasteiger charge is 2.33. The number of methoxy groups -OCH3 is 1. The molecule has 0 fully saturated rings. The minimum atomic E-state index is -3.81.